The maximum absolute atomic E-state index is 12.5. The zero-order valence-corrected chi connectivity index (χ0v) is 14.4. The lowest BCUT2D eigenvalue weighted by molar-refractivity contribution is -0.0489. The number of oxazole rings is 1. The molecule has 11 heteroatoms. The van der Waals surface area contributed by atoms with Crippen LogP contribution in [0.25, 0.3) is 11.1 Å². The number of amides is 1. The van der Waals surface area contributed by atoms with Crippen LogP contribution in [0, 0.1) is 0 Å². The standard InChI is InChI=1S/C15H13ClF2N4O4/c1-3-10-20-11-8(24-14(17)18)4-5-9(12(11)26-10)25-15(23)21-13-7(16)6-19-22(13)2/h4-6,14H,3H2,1-2H3,(H,21,23). The molecule has 1 N–H and O–H groups in total. The Morgan fingerprint density at radius 2 is 2.15 bits per heavy atom. The minimum absolute atomic E-state index is 0.00962. The maximum atomic E-state index is 12.5. The van der Waals surface area contributed by atoms with Gasteiger partial charge in [-0.1, -0.05) is 18.5 Å². The molecule has 0 radical (unpaired) electrons. The molecule has 2 aromatic heterocycles. The number of aromatic nitrogens is 3. The minimum Gasteiger partial charge on any atom is -0.437 e. The molecule has 138 valence electrons. The molecule has 3 aromatic rings. The van der Waals surface area contributed by atoms with E-state index < -0.39 is 12.7 Å². The Balaban J connectivity index is 1.90. The van der Waals surface area contributed by atoms with E-state index in [9.17, 15) is 13.6 Å². The van der Waals surface area contributed by atoms with E-state index in [2.05, 4.69) is 20.1 Å². The number of aryl methyl sites for hydroxylation is 2. The van der Waals surface area contributed by atoms with Crippen LogP contribution in [0.1, 0.15) is 12.8 Å². The summed E-state index contributed by atoms with van der Waals surface area (Å²) in [5.74, 6) is 0.327. The van der Waals surface area contributed by atoms with Gasteiger partial charge in [0.15, 0.2) is 28.7 Å². The zero-order valence-electron chi connectivity index (χ0n) is 13.6. The van der Waals surface area contributed by atoms with Crippen LogP contribution >= 0.6 is 11.6 Å². The molecule has 0 fully saturated rings. The summed E-state index contributed by atoms with van der Waals surface area (Å²) in [5.41, 5.74) is 0.0530. The lowest BCUT2D eigenvalue weighted by atomic mass is 10.3. The van der Waals surface area contributed by atoms with Crippen LogP contribution in [0.2, 0.25) is 5.02 Å². The third kappa shape index (κ3) is 3.54. The highest BCUT2D eigenvalue weighted by atomic mass is 35.5. The van der Waals surface area contributed by atoms with Gasteiger partial charge in [0, 0.05) is 13.5 Å². The van der Waals surface area contributed by atoms with Crippen molar-refractivity contribution in [1.29, 1.82) is 0 Å². The van der Waals surface area contributed by atoms with Crippen LogP contribution in [0.5, 0.6) is 11.5 Å². The second-order valence-electron chi connectivity index (χ2n) is 5.06. The Bertz CT molecular complexity index is 937. The van der Waals surface area contributed by atoms with Gasteiger partial charge in [-0.15, -0.1) is 0 Å². The van der Waals surface area contributed by atoms with Crippen LogP contribution < -0.4 is 14.8 Å². The third-order valence-corrected chi connectivity index (χ3v) is 3.63. The highest BCUT2D eigenvalue weighted by Gasteiger charge is 2.20. The quantitative estimate of drug-likeness (QED) is 0.713. The van der Waals surface area contributed by atoms with E-state index in [4.69, 9.17) is 20.8 Å². The number of fused-ring (bicyclic) bond motifs is 1. The monoisotopic (exact) mass is 386 g/mol. The molecule has 0 aliphatic rings. The van der Waals surface area contributed by atoms with Crippen molar-refractivity contribution in [3.05, 3.63) is 29.2 Å². The van der Waals surface area contributed by atoms with Crippen LogP contribution in [0.3, 0.4) is 0 Å². The van der Waals surface area contributed by atoms with Crippen molar-refractivity contribution in [1.82, 2.24) is 14.8 Å². The van der Waals surface area contributed by atoms with E-state index in [1.165, 1.54) is 23.0 Å². The number of carbonyl (C=O) groups excluding carboxylic acids is 1. The molecule has 0 bridgehead atoms. The predicted molar refractivity (Wildman–Crippen MR) is 87.9 cm³/mol. The van der Waals surface area contributed by atoms with Crippen molar-refractivity contribution in [2.75, 3.05) is 5.32 Å². The molecule has 0 spiro atoms. The van der Waals surface area contributed by atoms with Crippen LogP contribution in [-0.2, 0) is 13.5 Å². The number of hydrogen-bond acceptors (Lipinski definition) is 6. The van der Waals surface area contributed by atoms with Gasteiger partial charge < -0.3 is 13.9 Å². The predicted octanol–water partition coefficient (Wildman–Crippen LogP) is 3.99. The molecule has 3 rings (SSSR count). The van der Waals surface area contributed by atoms with Gasteiger partial charge >= 0.3 is 12.7 Å². The first-order valence-electron chi connectivity index (χ1n) is 7.42. The van der Waals surface area contributed by atoms with Crippen molar-refractivity contribution < 1.29 is 27.5 Å². The summed E-state index contributed by atoms with van der Waals surface area (Å²) in [4.78, 5) is 16.2. The van der Waals surface area contributed by atoms with E-state index in [0.717, 1.165) is 0 Å². The molecule has 26 heavy (non-hydrogen) atoms. The first-order valence-corrected chi connectivity index (χ1v) is 7.80. The molecule has 0 unspecified atom stereocenters. The van der Waals surface area contributed by atoms with Crippen LogP contribution in [0.15, 0.2) is 22.7 Å². The number of anilines is 1. The normalized spacial score (nSPS) is 11.2. The molecule has 0 atom stereocenters. The number of halogens is 3. The smallest absolute Gasteiger partial charge is 0.418 e. The fraction of sp³-hybridized carbons (Fsp3) is 0.267. The Labute approximate surface area is 150 Å². The molecule has 0 aliphatic carbocycles. The molecule has 2 heterocycles. The highest BCUT2D eigenvalue weighted by molar-refractivity contribution is 6.33. The Kier molecular flexibility index (Phi) is 4.94. The van der Waals surface area contributed by atoms with Crippen molar-refractivity contribution in [2.45, 2.75) is 20.0 Å². The Morgan fingerprint density at radius 3 is 2.77 bits per heavy atom. The Hall–Kier alpha value is -2.88. The van der Waals surface area contributed by atoms with E-state index in [-0.39, 0.29) is 39.3 Å². The number of nitrogens with zero attached hydrogens (tertiary/aromatic N) is 3. The summed E-state index contributed by atoms with van der Waals surface area (Å²) in [7, 11) is 1.58. The van der Waals surface area contributed by atoms with Crippen molar-refractivity contribution in [3.8, 4) is 11.5 Å². The van der Waals surface area contributed by atoms with Gasteiger partial charge in [0.25, 0.3) is 0 Å². The number of hydrogen-bond donors (Lipinski definition) is 1. The minimum atomic E-state index is -3.03. The fourth-order valence-electron chi connectivity index (χ4n) is 2.20. The highest BCUT2D eigenvalue weighted by Crippen LogP contribution is 2.35. The number of nitrogens with one attached hydrogen (secondary N) is 1. The Morgan fingerprint density at radius 1 is 1.42 bits per heavy atom. The van der Waals surface area contributed by atoms with Gasteiger partial charge in [-0.25, -0.2) is 9.78 Å². The summed E-state index contributed by atoms with van der Waals surface area (Å²) in [5, 5.41) is 6.54. The number of alkyl halides is 2. The lowest BCUT2D eigenvalue weighted by Gasteiger charge is -2.09. The summed E-state index contributed by atoms with van der Waals surface area (Å²) < 4.78 is 41.5. The SMILES string of the molecule is CCc1nc2c(OC(F)F)ccc(OC(=O)Nc3c(Cl)cnn3C)c2o1. The average molecular weight is 387 g/mol. The average Bonchev–Trinajstić information content (AvgIpc) is 3.16. The van der Waals surface area contributed by atoms with Crippen molar-refractivity contribution in [2.24, 2.45) is 7.05 Å². The van der Waals surface area contributed by atoms with E-state index in [0.29, 0.717) is 6.42 Å². The molecule has 0 aliphatic heterocycles. The van der Waals surface area contributed by atoms with Gasteiger partial charge in [0.05, 0.1) is 6.20 Å². The molecule has 0 saturated heterocycles. The summed E-state index contributed by atoms with van der Waals surface area (Å²) in [6, 6.07) is 2.49. The van der Waals surface area contributed by atoms with Gasteiger partial charge in [-0.05, 0) is 12.1 Å². The zero-order chi connectivity index (χ0) is 18.8. The van der Waals surface area contributed by atoms with E-state index in [1.54, 1.807) is 14.0 Å². The van der Waals surface area contributed by atoms with Gasteiger partial charge in [0.1, 0.15) is 5.02 Å². The summed E-state index contributed by atoms with van der Waals surface area (Å²) in [6.07, 6.45) is 0.906. The third-order valence-electron chi connectivity index (χ3n) is 3.35. The summed E-state index contributed by atoms with van der Waals surface area (Å²) in [6.45, 7) is -1.25. The topological polar surface area (TPSA) is 91.4 Å². The van der Waals surface area contributed by atoms with Crippen LogP contribution in [-0.4, -0.2) is 27.5 Å². The second-order valence-corrected chi connectivity index (χ2v) is 5.47. The molecular weight excluding hydrogens is 374 g/mol. The first kappa shape index (κ1) is 17.9. The maximum Gasteiger partial charge on any atom is 0.418 e. The number of ether oxygens (including phenoxy) is 2. The molecule has 1 amide bonds. The van der Waals surface area contributed by atoms with Crippen LogP contribution in [0.4, 0.5) is 19.4 Å². The lowest BCUT2D eigenvalue weighted by Crippen LogP contribution is -2.19. The number of carbonyl (C=O) groups is 1. The number of rotatable bonds is 5. The van der Waals surface area contributed by atoms with E-state index >= 15 is 0 Å². The van der Waals surface area contributed by atoms with Gasteiger partial charge in [-0.2, -0.15) is 13.9 Å². The second kappa shape index (κ2) is 7.16. The first-order chi connectivity index (χ1) is 12.4. The fourth-order valence-corrected chi connectivity index (χ4v) is 2.41. The van der Waals surface area contributed by atoms with Crippen molar-refractivity contribution >= 4 is 34.6 Å². The van der Waals surface area contributed by atoms with Gasteiger partial charge in [-0.3, -0.25) is 10.00 Å². The molecule has 8 nitrogen and oxygen atoms in total. The number of benzene rings is 1. The largest absolute Gasteiger partial charge is 0.437 e. The van der Waals surface area contributed by atoms with Gasteiger partial charge in [0.2, 0.25) is 5.58 Å². The summed E-state index contributed by atoms with van der Waals surface area (Å²) >= 11 is 5.91. The molecule has 1 aromatic carbocycles. The van der Waals surface area contributed by atoms with Crippen molar-refractivity contribution in [3.63, 3.8) is 0 Å². The molecular formula is C15H13ClF2N4O4. The molecule has 0 saturated carbocycles. The van der Waals surface area contributed by atoms with E-state index in [1.807, 2.05) is 0 Å².